The summed E-state index contributed by atoms with van der Waals surface area (Å²) >= 11 is 0. The number of benzene rings is 2. The van der Waals surface area contributed by atoms with Crippen LogP contribution < -0.4 is 5.32 Å². The van der Waals surface area contributed by atoms with Crippen LogP contribution in [0.25, 0.3) is 11.4 Å². The molecule has 0 aliphatic heterocycles. The van der Waals surface area contributed by atoms with E-state index in [1.165, 1.54) is 29.1 Å². The smallest absolute Gasteiger partial charge is 0.248 e. The fourth-order valence-corrected chi connectivity index (χ4v) is 1.88. The highest BCUT2D eigenvalue weighted by Crippen LogP contribution is 2.12. The van der Waals surface area contributed by atoms with Gasteiger partial charge in [0.25, 0.3) is 0 Å². The van der Waals surface area contributed by atoms with E-state index < -0.39 is 0 Å². The van der Waals surface area contributed by atoms with Crippen molar-refractivity contribution >= 4 is 11.6 Å². The second-order valence-electron chi connectivity index (χ2n) is 4.56. The maximum absolute atomic E-state index is 12.8. The van der Waals surface area contributed by atoms with Crippen molar-refractivity contribution in [2.75, 3.05) is 5.32 Å². The van der Waals surface area contributed by atoms with Crippen molar-refractivity contribution in [3.63, 3.8) is 0 Å². The number of halogens is 1. The lowest BCUT2D eigenvalue weighted by Crippen LogP contribution is -2.20. The summed E-state index contributed by atoms with van der Waals surface area (Å²) in [6.45, 7) is -0.0722. The van der Waals surface area contributed by atoms with Gasteiger partial charge in [0.15, 0.2) is 0 Å². The maximum atomic E-state index is 12.8. The van der Waals surface area contributed by atoms with Gasteiger partial charge in [0.2, 0.25) is 11.7 Å². The summed E-state index contributed by atoms with van der Waals surface area (Å²) < 4.78 is 12.8. The van der Waals surface area contributed by atoms with Crippen molar-refractivity contribution in [2.45, 2.75) is 6.54 Å². The number of tetrazole rings is 1. The van der Waals surface area contributed by atoms with Gasteiger partial charge in [0.05, 0.1) is 0 Å². The lowest BCUT2D eigenvalue weighted by molar-refractivity contribution is -0.117. The number of anilines is 1. The van der Waals surface area contributed by atoms with Gasteiger partial charge in [-0.15, -0.1) is 10.2 Å². The number of hydrogen-bond donors (Lipinski definition) is 1. The first-order chi connectivity index (χ1) is 10.7. The van der Waals surface area contributed by atoms with Crippen LogP contribution in [0.2, 0.25) is 0 Å². The van der Waals surface area contributed by atoms with Crippen molar-refractivity contribution in [2.24, 2.45) is 0 Å². The third-order valence-corrected chi connectivity index (χ3v) is 2.90. The van der Waals surface area contributed by atoms with E-state index in [-0.39, 0.29) is 18.3 Å². The number of carbonyl (C=O) groups excluding carboxylic acids is 1. The Morgan fingerprint density at radius 3 is 2.55 bits per heavy atom. The predicted octanol–water partition coefficient (Wildman–Crippen LogP) is 2.12. The van der Waals surface area contributed by atoms with E-state index >= 15 is 0 Å². The number of nitrogens with one attached hydrogen (secondary N) is 1. The number of carbonyl (C=O) groups is 1. The first-order valence-corrected chi connectivity index (χ1v) is 6.59. The van der Waals surface area contributed by atoms with Crippen LogP contribution >= 0.6 is 0 Å². The van der Waals surface area contributed by atoms with Gasteiger partial charge in [-0.05, 0) is 29.5 Å². The highest BCUT2D eigenvalue weighted by atomic mass is 19.1. The second-order valence-corrected chi connectivity index (χ2v) is 4.56. The van der Waals surface area contributed by atoms with Crippen molar-refractivity contribution in [1.29, 1.82) is 0 Å². The Bertz CT molecular complexity index is 770. The molecule has 0 aliphatic rings. The van der Waals surface area contributed by atoms with Crippen LogP contribution in [0.1, 0.15) is 0 Å². The summed E-state index contributed by atoms with van der Waals surface area (Å²) in [5.41, 5.74) is 1.34. The second kappa shape index (κ2) is 6.13. The van der Waals surface area contributed by atoms with Gasteiger partial charge < -0.3 is 5.32 Å². The lowest BCUT2D eigenvalue weighted by atomic mass is 10.2. The average molecular weight is 297 g/mol. The molecule has 1 aromatic heterocycles. The molecule has 1 heterocycles. The fraction of sp³-hybridized carbons (Fsp3) is 0.0667. The van der Waals surface area contributed by atoms with E-state index in [1.807, 2.05) is 30.3 Å². The van der Waals surface area contributed by atoms with Gasteiger partial charge in [-0.25, -0.2) is 4.39 Å². The highest BCUT2D eigenvalue weighted by molar-refractivity contribution is 5.90. The minimum absolute atomic E-state index is 0.0722. The monoisotopic (exact) mass is 297 g/mol. The first-order valence-electron chi connectivity index (χ1n) is 6.59. The Hall–Kier alpha value is -3.09. The molecule has 3 rings (SSSR count). The van der Waals surface area contributed by atoms with E-state index in [2.05, 4.69) is 20.7 Å². The standard InChI is InChI=1S/C15H12FN5O/c16-12-6-8-13(9-7-12)17-14(22)10-21-19-15(18-20-21)11-4-2-1-3-5-11/h1-9H,10H2,(H,17,22). The zero-order valence-corrected chi connectivity index (χ0v) is 11.5. The number of aromatic nitrogens is 4. The number of nitrogens with zero attached hydrogens (tertiary/aromatic N) is 4. The normalized spacial score (nSPS) is 10.4. The zero-order chi connectivity index (χ0) is 15.4. The van der Waals surface area contributed by atoms with E-state index in [0.29, 0.717) is 11.5 Å². The summed E-state index contributed by atoms with van der Waals surface area (Å²) in [4.78, 5) is 13.1. The molecule has 0 atom stereocenters. The fourth-order valence-electron chi connectivity index (χ4n) is 1.88. The topological polar surface area (TPSA) is 72.7 Å². The Labute approximate surface area is 125 Å². The maximum Gasteiger partial charge on any atom is 0.248 e. The quantitative estimate of drug-likeness (QED) is 0.800. The summed E-state index contributed by atoms with van der Waals surface area (Å²) in [6.07, 6.45) is 0. The Morgan fingerprint density at radius 1 is 1.09 bits per heavy atom. The first kappa shape index (κ1) is 13.9. The van der Waals surface area contributed by atoms with Crippen molar-refractivity contribution in [3.8, 4) is 11.4 Å². The SMILES string of the molecule is O=C(Cn1nnc(-c2ccccc2)n1)Nc1ccc(F)cc1. The molecule has 2 aromatic carbocycles. The molecular formula is C15H12FN5O. The van der Waals surface area contributed by atoms with Crippen LogP contribution in [0, 0.1) is 5.82 Å². The number of hydrogen-bond acceptors (Lipinski definition) is 4. The van der Waals surface area contributed by atoms with Crippen LogP contribution in [-0.2, 0) is 11.3 Å². The summed E-state index contributed by atoms with van der Waals surface area (Å²) in [6, 6.07) is 14.9. The van der Waals surface area contributed by atoms with E-state index in [0.717, 1.165) is 5.56 Å². The molecule has 1 N–H and O–H groups in total. The highest BCUT2D eigenvalue weighted by Gasteiger charge is 2.09. The number of amides is 1. The number of rotatable bonds is 4. The van der Waals surface area contributed by atoms with Crippen molar-refractivity contribution in [3.05, 3.63) is 60.4 Å². The van der Waals surface area contributed by atoms with Gasteiger partial charge in [-0.1, -0.05) is 30.3 Å². The Morgan fingerprint density at radius 2 is 1.82 bits per heavy atom. The molecule has 0 saturated heterocycles. The molecule has 0 bridgehead atoms. The average Bonchev–Trinajstić information content (AvgIpc) is 2.99. The molecule has 22 heavy (non-hydrogen) atoms. The lowest BCUT2D eigenvalue weighted by Gasteiger charge is -2.03. The van der Waals surface area contributed by atoms with E-state index in [1.54, 1.807) is 0 Å². The molecule has 0 radical (unpaired) electrons. The minimum atomic E-state index is -0.358. The van der Waals surface area contributed by atoms with E-state index in [4.69, 9.17) is 0 Å². The third-order valence-electron chi connectivity index (χ3n) is 2.90. The van der Waals surface area contributed by atoms with Gasteiger partial charge in [0, 0.05) is 11.3 Å². The molecule has 3 aromatic rings. The minimum Gasteiger partial charge on any atom is -0.324 e. The van der Waals surface area contributed by atoms with Crippen molar-refractivity contribution < 1.29 is 9.18 Å². The summed E-state index contributed by atoms with van der Waals surface area (Å²) in [7, 11) is 0. The summed E-state index contributed by atoms with van der Waals surface area (Å²) in [5, 5.41) is 14.5. The molecule has 7 heteroatoms. The van der Waals surface area contributed by atoms with Gasteiger partial charge in [-0.2, -0.15) is 4.80 Å². The molecule has 110 valence electrons. The molecule has 0 fully saturated rings. The largest absolute Gasteiger partial charge is 0.324 e. The molecule has 1 amide bonds. The molecule has 0 spiro atoms. The van der Waals surface area contributed by atoms with Gasteiger partial charge >= 0.3 is 0 Å². The molecule has 6 nitrogen and oxygen atoms in total. The van der Waals surface area contributed by atoms with Crippen molar-refractivity contribution in [1.82, 2.24) is 20.2 Å². The van der Waals surface area contributed by atoms with Crippen LogP contribution in [0.5, 0.6) is 0 Å². The van der Waals surface area contributed by atoms with Gasteiger partial charge in [-0.3, -0.25) is 4.79 Å². The molecular weight excluding hydrogens is 285 g/mol. The molecule has 0 aliphatic carbocycles. The molecule has 0 saturated carbocycles. The Kier molecular flexibility index (Phi) is 3.86. The van der Waals surface area contributed by atoms with Gasteiger partial charge in [0.1, 0.15) is 12.4 Å². The van der Waals surface area contributed by atoms with Crippen LogP contribution in [-0.4, -0.2) is 26.1 Å². The van der Waals surface area contributed by atoms with Crippen LogP contribution in [0.15, 0.2) is 54.6 Å². The molecule has 0 unspecified atom stereocenters. The van der Waals surface area contributed by atoms with Crippen LogP contribution in [0.4, 0.5) is 10.1 Å². The zero-order valence-electron chi connectivity index (χ0n) is 11.5. The third kappa shape index (κ3) is 3.32. The van der Waals surface area contributed by atoms with Crippen LogP contribution in [0.3, 0.4) is 0 Å². The van der Waals surface area contributed by atoms with E-state index in [9.17, 15) is 9.18 Å². The Balaban J connectivity index is 1.65. The predicted molar refractivity (Wildman–Crippen MR) is 78.3 cm³/mol. The summed E-state index contributed by atoms with van der Waals surface area (Å²) in [5.74, 6) is -0.220.